The van der Waals surface area contributed by atoms with E-state index < -0.39 is 6.10 Å². The summed E-state index contributed by atoms with van der Waals surface area (Å²) in [6.45, 7) is 8.03. The molecule has 1 aromatic rings. The fourth-order valence-electron chi connectivity index (χ4n) is 1.39. The van der Waals surface area contributed by atoms with Gasteiger partial charge in [-0.25, -0.2) is 5.43 Å². The summed E-state index contributed by atoms with van der Waals surface area (Å²) in [7, 11) is 1.51. The van der Waals surface area contributed by atoms with Crippen molar-refractivity contribution in [3.8, 4) is 0 Å². The molecular weight excluding hydrogens is 240 g/mol. The Bertz CT molecular complexity index is 447. The minimum absolute atomic E-state index is 0.0669. The lowest BCUT2D eigenvalue weighted by molar-refractivity contribution is -0.131. The zero-order valence-electron chi connectivity index (χ0n) is 12.2. The number of carbonyl (C=O) groups excluding carboxylic acids is 1. The number of hydrazone groups is 1. The van der Waals surface area contributed by atoms with Crippen LogP contribution in [0.2, 0.25) is 0 Å². The Hall–Kier alpha value is -1.68. The van der Waals surface area contributed by atoms with E-state index in [1.807, 2.05) is 58.0 Å². The largest absolute Gasteiger partial charge is 0.367 e. The summed E-state index contributed by atoms with van der Waals surface area (Å²) in [5.41, 5.74) is 4.17. The molecule has 0 fully saturated rings. The van der Waals surface area contributed by atoms with E-state index in [4.69, 9.17) is 4.74 Å². The van der Waals surface area contributed by atoms with E-state index in [0.29, 0.717) is 0 Å². The lowest BCUT2D eigenvalue weighted by Crippen LogP contribution is -2.29. The number of hydrogen-bond donors (Lipinski definition) is 1. The molecule has 104 valence electrons. The maximum absolute atomic E-state index is 12.1. The molecule has 0 unspecified atom stereocenters. The van der Waals surface area contributed by atoms with Gasteiger partial charge in [-0.05, 0) is 12.5 Å². The van der Waals surface area contributed by atoms with Crippen LogP contribution in [0, 0.1) is 5.41 Å². The van der Waals surface area contributed by atoms with Gasteiger partial charge in [-0.3, -0.25) is 4.79 Å². The summed E-state index contributed by atoms with van der Waals surface area (Å²) < 4.78 is 5.23. The molecule has 1 aromatic carbocycles. The lowest BCUT2D eigenvalue weighted by Gasteiger charge is -2.19. The van der Waals surface area contributed by atoms with E-state index in [-0.39, 0.29) is 11.3 Å². The summed E-state index contributed by atoms with van der Waals surface area (Å²) >= 11 is 0. The van der Waals surface area contributed by atoms with Crippen molar-refractivity contribution in [2.45, 2.75) is 33.8 Å². The predicted octanol–water partition coefficient (Wildman–Crippen LogP) is 2.91. The molecule has 0 heterocycles. The van der Waals surface area contributed by atoms with E-state index >= 15 is 0 Å². The van der Waals surface area contributed by atoms with Gasteiger partial charge in [0.1, 0.15) is 0 Å². The summed E-state index contributed by atoms with van der Waals surface area (Å²) in [6.07, 6.45) is -0.641. The topological polar surface area (TPSA) is 50.7 Å². The van der Waals surface area contributed by atoms with Crippen LogP contribution >= 0.6 is 0 Å². The second-order valence-electron chi connectivity index (χ2n) is 5.45. The number of methoxy groups -OCH3 is 1. The molecule has 1 amide bonds. The first-order valence-electron chi connectivity index (χ1n) is 6.28. The molecule has 0 aromatic heterocycles. The lowest BCUT2D eigenvalue weighted by atomic mass is 9.91. The minimum Gasteiger partial charge on any atom is -0.367 e. The molecule has 0 aliphatic carbocycles. The number of nitrogens with one attached hydrogen (secondary N) is 1. The molecule has 0 saturated heterocycles. The molecule has 0 aliphatic rings. The number of nitrogens with zero attached hydrogens (tertiary/aromatic N) is 1. The summed E-state index contributed by atoms with van der Waals surface area (Å²) in [5.74, 6) is -0.266. The van der Waals surface area contributed by atoms with Crippen LogP contribution in [0.1, 0.15) is 39.4 Å². The number of benzene rings is 1. The molecular formula is C15H22N2O2. The van der Waals surface area contributed by atoms with Crippen LogP contribution < -0.4 is 5.43 Å². The zero-order valence-corrected chi connectivity index (χ0v) is 12.2. The molecule has 0 aliphatic heterocycles. The third-order valence-corrected chi connectivity index (χ3v) is 3.00. The van der Waals surface area contributed by atoms with Gasteiger partial charge in [-0.2, -0.15) is 5.10 Å². The van der Waals surface area contributed by atoms with Crippen LogP contribution in [0.15, 0.2) is 35.4 Å². The normalized spacial score (nSPS) is 14.1. The van der Waals surface area contributed by atoms with Gasteiger partial charge in [0.05, 0.1) is 0 Å². The summed E-state index contributed by atoms with van der Waals surface area (Å²) in [6, 6.07) is 9.36. The predicted molar refractivity (Wildman–Crippen MR) is 76.9 cm³/mol. The van der Waals surface area contributed by atoms with Crippen LogP contribution in [0.3, 0.4) is 0 Å². The molecule has 0 radical (unpaired) electrons. The fraction of sp³-hybridized carbons (Fsp3) is 0.467. The van der Waals surface area contributed by atoms with Crippen molar-refractivity contribution in [1.29, 1.82) is 0 Å². The zero-order chi connectivity index (χ0) is 14.5. The highest BCUT2D eigenvalue weighted by Gasteiger charge is 2.20. The van der Waals surface area contributed by atoms with Crippen molar-refractivity contribution in [1.82, 2.24) is 5.43 Å². The van der Waals surface area contributed by atoms with Crippen molar-refractivity contribution in [3.63, 3.8) is 0 Å². The maximum atomic E-state index is 12.1. The molecule has 0 saturated carbocycles. The van der Waals surface area contributed by atoms with Crippen molar-refractivity contribution >= 4 is 11.6 Å². The Labute approximate surface area is 114 Å². The second kappa shape index (κ2) is 6.48. The van der Waals surface area contributed by atoms with Crippen molar-refractivity contribution < 1.29 is 9.53 Å². The van der Waals surface area contributed by atoms with Gasteiger partial charge in [0.2, 0.25) is 0 Å². The molecule has 1 N–H and O–H groups in total. The van der Waals surface area contributed by atoms with Gasteiger partial charge in [-0.1, -0.05) is 51.1 Å². The van der Waals surface area contributed by atoms with Crippen LogP contribution in [-0.4, -0.2) is 18.7 Å². The number of amides is 1. The van der Waals surface area contributed by atoms with Gasteiger partial charge < -0.3 is 4.74 Å². The molecule has 4 heteroatoms. The van der Waals surface area contributed by atoms with Gasteiger partial charge >= 0.3 is 0 Å². The van der Waals surface area contributed by atoms with Crippen molar-refractivity contribution in [2.24, 2.45) is 10.5 Å². The Morgan fingerprint density at radius 1 is 1.26 bits per heavy atom. The fourth-order valence-corrected chi connectivity index (χ4v) is 1.39. The first-order valence-corrected chi connectivity index (χ1v) is 6.28. The highest BCUT2D eigenvalue weighted by atomic mass is 16.5. The number of carbonyl (C=O) groups is 1. The molecule has 4 nitrogen and oxygen atoms in total. The van der Waals surface area contributed by atoms with Crippen LogP contribution in [0.25, 0.3) is 0 Å². The van der Waals surface area contributed by atoms with Gasteiger partial charge in [0, 0.05) is 18.2 Å². The molecule has 0 bridgehead atoms. The smallest absolute Gasteiger partial charge is 0.273 e. The van der Waals surface area contributed by atoms with Crippen LogP contribution in [0.4, 0.5) is 0 Å². The minimum atomic E-state index is -0.641. The van der Waals surface area contributed by atoms with E-state index in [0.717, 1.165) is 11.3 Å². The highest BCUT2D eigenvalue weighted by molar-refractivity contribution is 5.89. The van der Waals surface area contributed by atoms with Crippen molar-refractivity contribution in [2.75, 3.05) is 7.11 Å². The monoisotopic (exact) mass is 262 g/mol. The number of rotatable bonds is 4. The van der Waals surface area contributed by atoms with Gasteiger partial charge in [0.25, 0.3) is 5.91 Å². The van der Waals surface area contributed by atoms with Crippen LogP contribution in [-0.2, 0) is 9.53 Å². The Kier molecular flexibility index (Phi) is 5.24. The summed E-state index contributed by atoms with van der Waals surface area (Å²) in [4.78, 5) is 12.1. The Morgan fingerprint density at radius 3 is 2.32 bits per heavy atom. The quantitative estimate of drug-likeness (QED) is 0.670. The van der Waals surface area contributed by atoms with Crippen LogP contribution in [0.5, 0.6) is 0 Å². The first-order chi connectivity index (χ1) is 8.86. The average Bonchev–Trinajstić information content (AvgIpc) is 2.37. The van der Waals surface area contributed by atoms with E-state index in [1.54, 1.807) is 0 Å². The summed E-state index contributed by atoms with van der Waals surface area (Å²) in [5, 5.41) is 4.13. The number of hydrogen-bond acceptors (Lipinski definition) is 3. The third kappa shape index (κ3) is 4.48. The highest BCUT2D eigenvalue weighted by Crippen LogP contribution is 2.17. The van der Waals surface area contributed by atoms with Gasteiger partial charge in [-0.15, -0.1) is 0 Å². The number of ether oxygens (including phenoxy) is 1. The third-order valence-electron chi connectivity index (χ3n) is 3.00. The molecule has 19 heavy (non-hydrogen) atoms. The second-order valence-corrected chi connectivity index (χ2v) is 5.45. The SMILES string of the molecule is CO[C@H](C(=O)N/N=C(/C)C(C)(C)C)c1ccccc1. The van der Waals surface area contributed by atoms with E-state index in [1.165, 1.54) is 7.11 Å². The maximum Gasteiger partial charge on any atom is 0.273 e. The first kappa shape index (κ1) is 15.4. The molecule has 0 spiro atoms. The Balaban J connectivity index is 2.77. The average molecular weight is 262 g/mol. The standard InChI is InChI=1S/C15H22N2O2/c1-11(15(2,3)4)16-17-14(18)13(19-5)12-9-7-6-8-10-12/h6-10,13H,1-5H3,(H,17,18)/b16-11-/t13-/m0/s1. The van der Waals surface area contributed by atoms with E-state index in [2.05, 4.69) is 10.5 Å². The molecule has 1 atom stereocenters. The van der Waals surface area contributed by atoms with Gasteiger partial charge in [0.15, 0.2) is 6.10 Å². The molecule has 1 rings (SSSR count). The van der Waals surface area contributed by atoms with Crippen molar-refractivity contribution in [3.05, 3.63) is 35.9 Å². The van der Waals surface area contributed by atoms with E-state index in [9.17, 15) is 4.79 Å². The Morgan fingerprint density at radius 2 is 1.84 bits per heavy atom.